The van der Waals surface area contributed by atoms with Crippen molar-refractivity contribution in [2.24, 2.45) is 0 Å². The van der Waals surface area contributed by atoms with Crippen LogP contribution in [0.25, 0.3) is 0 Å². The molecule has 4 nitrogen and oxygen atoms in total. The zero-order valence-electron chi connectivity index (χ0n) is 9.15. The first-order valence-corrected chi connectivity index (χ1v) is 5.36. The number of phenols is 1. The molecule has 0 atom stereocenters. The lowest BCUT2D eigenvalue weighted by Crippen LogP contribution is -2.41. The molecule has 0 saturated carbocycles. The first kappa shape index (κ1) is 11.9. The van der Waals surface area contributed by atoms with Gasteiger partial charge in [-0.25, -0.2) is 4.39 Å². The van der Waals surface area contributed by atoms with E-state index in [9.17, 15) is 14.3 Å². The summed E-state index contributed by atoms with van der Waals surface area (Å²) in [5.74, 6) is -2.25. The minimum absolute atomic E-state index is 0.312. The molecule has 1 aromatic carbocycles. The number of hydrogen-bond acceptors (Lipinski definition) is 3. The van der Waals surface area contributed by atoms with Gasteiger partial charge in [0.05, 0.1) is 5.41 Å². The van der Waals surface area contributed by atoms with E-state index in [1.54, 1.807) is 0 Å². The molecular weight excluding hydrogens is 227 g/mol. The Morgan fingerprint density at radius 2 is 2.00 bits per heavy atom. The highest BCUT2D eigenvalue weighted by atomic mass is 19.1. The summed E-state index contributed by atoms with van der Waals surface area (Å²) in [6, 6.07) is 3.73. The van der Waals surface area contributed by atoms with E-state index in [4.69, 9.17) is 9.84 Å². The fraction of sp³-hybridized carbons (Fsp3) is 0.417. The van der Waals surface area contributed by atoms with Gasteiger partial charge in [0, 0.05) is 13.2 Å². The lowest BCUT2D eigenvalue weighted by atomic mass is 9.74. The maximum absolute atomic E-state index is 13.3. The highest BCUT2D eigenvalue weighted by Crippen LogP contribution is 2.36. The van der Waals surface area contributed by atoms with Crippen molar-refractivity contribution < 1.29 is 24.1 Å². The average Bonchev–Trinajstić information content (AvgIpc) is 2.33. The molecule has 5 heteroatoms. The van der Waals surface area contributed by atoms with Crippen LogP contribution in [0.4, 0.5) is 4.39 Å². The molecule has 0 bridgehead atoms. The minimum Gasteiger partial charge on any atom is -0.505 e. The zero-order valence-corrected chi connectivity index (χ0v) is 9.15. The normalized spacial score (nSPS) is 18.9. The van der Waals surface area contributed by atoms with E-state index in [2.05, 4.69) is 0 Å². The Kier molecular flexibility index (Phi) is 3.02. The molecule has 1 aliphatic heterocycles. The molecular formula is C12H13FO4. The monoisotopic (exact) mass is 240 g/mol. The molecule has 0 radical (unpaired) electrons. The standard InChI is InChI=1S/C12H13FO4/c13-9-7-8(1-2-10(9)14)12(11(15)16)3-5-17-6-4-12/h1-2,7,14H,3-6H2,(H,15,16). The van der Waals surface area contributed by atoms with Gasteiger partial charge < -0.3 is 14.9 Å². The summed E-state index contributed by atoms with van der Waals surface area (Å²) in [5, 5.41) is 18.5. The first-order valence-electron chi connectivity index (χ1n) is 5.36. The highest BCUT2D eigenvalue weighted by Gasteiger charge is 2.42. The minimum atomic E-state index is -1.10. The Labute approximate surface area is 97.6 Å². The smallest absolute Gasteiger partial charge is 0.314 e. The lowest BCUT2D eigenvalue weighted by Gasteiger charge is -2.33. The topological polar surface area (TPSA) is 66.8 Å². The Balaban J connectivity index is 2.45. The van der Waals surface area contributed by atoms with Crippen LogP contribution in [0.3, 0.4) is 0 Å². The number of carboxylic acid groups (broad SMARTS) is 1. The summed E-state index contributed by atoms with van der Waals surface area (Å²) in [7, 11) is 0. The van der Waals surface area contributed by atoms with Crippen molar-refractivity contribution in [2.75, 3.05) is 13.2 Å². The second-order valence-corrected chi connectivity index (χ2v) is 4.17. The average molecular weight is 240 g/mol. The van der Waals surface area contributed by atoms with Gasteiger partial charge in [0.2, 0.25) is 0 Å². The Morgan fingerprint density at radius 1 is 1.35 bits per heavy atom. The van der Waals surface area contributed by atoms with E-state index in [1.165, 1.54) is 12.1 Å². The van der Waals surface area contributed by atoms with Crippen molar-refractivity contribution in [3.05, 3.63) is 29.6 Å². The van der Waals surface area contributed by atoms with Gasteiger partial charge in [-0.05, 0) is 30.5 Å². The van der Waals surface area contributed by atoms with Crippen LogP contribution in [0.1, 0.15) is 18.4 Å². The van der Waals surface area contributed by atoms with Gasteiger partial charge in [0.1, 0.15) is 0 Å². The highest BCUT2D eigenvalue weighted by molar-refractivity contribution is 5.81. The summed E-state index contributed by atoms with van der Waals surface area (Å²) < 4.78 is 18.4. The van der Waals surface area contributed by atoms with E-state index < -0.39 is 23.0 Å². The van der Waals surface area contributed by atoms with Gasteiger partial charge in [-0.15, -0.1) is 0 Å². The molecule has 17 heavy (non-hydrogen) atoms. The van der Waals surface area contributed by atoms with Crippen LogP contribution in [0.15, 0.2) is 18.2 Å². The predicted molar refractivity (Wildman–Crippen MR) is 57.4 cm³/mol. The van der Waals surface area contributed by atoms with Crippen molar-refractivity contribution in [3.63, 3.8) is 0 Å². The van der Waals surface area contributed by atoms with Crippen molar-refractivity contribution in [3.8, 4) is 5.75 Å². The third kappa shape index (κ3) is 1.98. The molecule has 0 spiro atoms. The third-order valence-corrected chi connectivity index (χ3v) is 3.26. The second kappa shape index (κ2) is 4.33. The third-order valence-electron chi connectivity index (χ3n) is 3.26. The number of benzene rings is 1. The van der Waals surface area contributed by atoms with Crippen LogP contribution < -0.4 is 0 Å². The van der Waals surface area contributed by atoms with E-state index in [-0.39, 0.29) is 0 Å². The number of halogens is 1. The van der Waals surface area contributed by atoms with Gasteiger partial charge in [-0.1, -0.05) is 6.07 Å². The van der Waals surface area contributed by atoms with E-state index in [1.807, 2.05) is 0 Å². The Hall–Kier alpha value is -1.62. The largest absolute Gasteiger partial charge is 0.505 e. The van der Waals surface area contributed by atoms with Crippen molar-refractivity contribution >= 4 is 5.97 Å². The maximum Gasteiger partial charge on any atom is 0.314 e. The fourth-order valence-corrected chi connectivity index (χ4v) is 2.15. The van der Waals surface area contributed by atoms with Crippen molar-refractivity contribution in [2.45, 2.75) is 18.3 Å². The SMILES string of the molecule is O=C(O)C1(c2ccc(O)c(F)c2)CCOCC1. The second-order valence-electron chi connectivity index (χ2n) is 4.17. The molecule has 1 heterocycles. The lowest BCUT2D eigenvalue weighted by molar-refractivity contribution is -0.147. The van der Waals surface area contributed by atoms with Gasteiger partial charge in [0.15, 0.2) is 11.6 Å². The molecule has 0 aromatic heterocycles. The van der Waals surface area contributed by atoms with E-state index in [0.717, 1.165) is 6.07 Å². The van der Waals surface area contributed by atoms with Crippen LogP contribution in [0.2, 0.25) is 0 Å². The number of hydrogen-bond donors (Lipinski definition) is 2. The molecule has 1 saturated heterocycles. The number of rotatable bonds is 2. The zero-order chi connectivity index (χ0) is 12.5. The van der Waals surface area contributed by atoms with Crippen LogP contribution in [0, 0.1) is 5.82 Å². The van der Waals surface area contributed by atoms with E-state index >= 15 is 0 Å². The number of aliphatic carboxylic acids is 1. The molecule has 1 aromatic rings. The van der Waals surface area contributed by atoms with Gasteiger partial charge in [-0.3, -0.25) is 4.79 Å². The van der Waals surface area contributed by atoms with Crippen molar-refractivity contribution in [1.82, 2.24) is 0 Å². The number of carbonyl (C=O) groups is 1. The molecule has 2 rings (SSSR count). The number of aromatic hydroxyl groups is 1. The van der Waals surface area contributed by atoms with Crippen molar-refractivity contribution in [1.29, 1.82) is 0 Å². The van der Waals surface area contributed by atoms with Crippen LogP contribution in [-0.2, 0) is 14.9 Å². The Morgan fingerprint density at radius 3 is 2.53 bits per heavy atom. The molecule has 1 fully saturated rings. The summed E-state index contributed by atoms with van der Waals surface area (Å²) in [6.07, 6.45) is 0.624. The number of carboxylic acids is 1. The summed E-state index contributed by atoms with van der Waals surface area (Å²) in [4.78, 5) is 11.4. The van der Waals surface area contributed by atoms with Crippen LogP contribution in [0.5, 0.6) is 5.75 Å². The van der Waals surface area contributed by atoms with Gasteiger partial charge in [-0.2, -0.15) is 0 Å². The quantitative estimate of drug-likeness (QED) is 0.825. The van der Waals surface area contributed by atoms with Crippen LogP contribution in [-0.4, -0.2) is 29.4 Å². The van der Waals surface area contributed by atoms with E-state index in [0.29, 0.717) is 31.6 Å². The molecule has 1 aliphatic rings. The van der Waals surface area contributed by atoms with Crippen LogP contribution >= 0.6 is 0 Å². The summed E-state index contributed by atoms with van der Waals surface area (Å²) in [5.41, 5.74) is -0.726. The van der Waals surface area contributed by atoms with Gasteiger partial charge in [0.25, 0.3) is 0 Å². The van der Waals surface area contributed by atoms with Gasteiger partial charge >= 0.3 is 5.97 Å². The Bertz CT molecular complexity index is 438. The molecule has 92 valence electrons. The maximum atomic E-state index is 13.3. The molecule has 2 N–H and O–H groups in total. The predicted octanol–water partition coefficient (Wildman–Crippen LogP) is 1.66. The number of ether oxygens (including phenoxy) is 1. The molecule has 0 aliphatic carbocycles. The fourth-order valence-electron chi connectivity index (χ4n) is 2.15. The molecule has 0 unspecified atom stereocenters. The summed E-state index contributed by atoms with van der Waals surface area (Å²) >= 11 is 0. The first-order chi connectivity index (χ1) is 8.06. The molecule has 0 amide bonds. The summed E-state index contributed by atoms with van der Waals surface area (Å²) in [6.45, 7) is 0.684. The number of phenolic OH excluding ortho intramolecular Hbond substituents is 1.